The molecule has 0 bridgehead atoms. The van der Waals surface area contributed by atoms with E-state index in [9.17, 15) is 4.39 Å². The first kappa shape index (κ1) is 11.0. The Morgan fingerprint density at radius 1 is 1.06 bits per heavy atom. The summed E-state index contributed by atoms with van der Waals surface area (Å²) in [6.07, 6.45) is 0. The van der Waals surface area contributed by atoms with E-state index in [0.29, 0.717) is 17.9 Å². The number of hydrogen-bond donors (Lipinski definition) is 1. The van der Waals surface area contributed by atoms with Crippen LogP contribution in [-0.4, -0.2) is 0 Å². The van der Waals surface area contributed by atoms with Crippen LogP contribution in [0.2, 0.25) is 0 Å². The van der Waals surface area contributed by atoms with Crippen molar-refractivity contribution in [3.8, 4) is 11.3 Å². The lowest BCUT2D eigenvalue weighted by Crippen LogP contribution is -1.97. The van der Waals surface area contributed by atoms with E-state index in [2.05, 4.69) is 0 Å². The van der Waals surface area contributed by atoms with Crippen LogP contribution in [-0.2, 0) is 6.54 Å². The second kappa shape index (κ2) is 4.27. The van der Waals surface area contributed by atoms with Crippen molar-refractivity contribution in [3.63, 3.8) is 0 Å². The smallest absolute Gasteiger partial charge is 0.138 e. The second-order valence-corrected chi connectivity index (χ2v) is 4.17. The van der Waals surface area contributed by atoms with Crippen molar-refractivity contribution in [1.82, 2.24) is 0 Å². The number of benzene rings is 2. The molecule has 2 aromatic carbocycles. The monoisotopic (exact) mass is 241 g/mol. The summed E-state index contributed by atoms with van der Waals surface area (Å²) in [5.41, 5.74) is 7.66. The molecule has 1 aromatic heterocycles. The van der Waals surface area contributed by atoms with Gasteiger partial charge in [0.05, 0.1) is 5.56 Å². The summed E-state index contributed by atoms with van der Waals surface area (Å²) < 4.78 is 19.5. The number of furan rings is 1. The van der Waals surface area contributed by atoms with E-state index in [4.69, 9.17) is 10.2 Å². The van der Waals surface area contributed by atoms with Crippen molar-refractivity contribution in [3.05, 3.63) is 59.9 Å². The maximum absolute atomic E-state index is 13.8. The molecule has 0 saturated carbocycles. The molecule has 2 N–H and O–H groups in total. The molecular weight excluding hydrogens is 229 g/mol. The fraction of sp³-hybridized carbons (Fsp3) is 0.0667. The third kappa shape index (κ3) is 1.79. The first-order valence-corrected chi connectivity index (χ1v) is 5.75. The number of fused-ring (bicyclic) bond motifs is 1. The molecular formula is C15H12FNO. The van der Waals surface area contributed by atoms with E-state index in [1.165, 1.54) is 6.07 Å². The summed E-state index contributed by atoms with van der Waals surface area (Å²) in [6.45, 7) is 0.382. The standard InChI is InChI=1S/C15H12FNO/c16-13-6-5-10(9-17)7-12(13)15-8-11-3-1-2-4-14(11)18-15/h1-8H,9,17H2. The minimum Gasteiger partial charge on any atom is -0.456 e. The summed E-state index contributed by atoms with van der Waals surface area (Å²) in [5, 5.41) is 0.963. The highest BCUT2D eigenvalue weighted by Crippen LogP contribution is 2.30. The third-order valence-electron chi connectivity index (χ3n) is 2.96. The summed E-state index contributed by atoms with van der Waals surface area (Å²) in [6, 6.07) is 14.3. The van der Waals surface area contributed by atoms with E-state index in [-0.39, 0.29) is 5.82 Å². The minimum absolute atomic E-state index is 0.300. The van der Waals surface area contributed by atoms with E-state index in [1.54, 1.807) is 12.1 Å². The molecule has 18 heavy (non-hydrogen) atoms. The van der Waals surface area contributed by atoms with Gasteiger partial charge in [0.25, 0.3) is 0 Å². The van der Waals surface area contributed by atoms with Crippen LogP contribution in [0.15, 0.2) is 52.9 Å². The summed E-state index contributed by atoms with van der Waals surface area (Å²) >= 11 is 0. The number of hydrogen-bond acceptors (Lipinski definition) is 2. The van der Waals surface area contributed by atoms with E-state index >= 15 is 0 Å². The predicted molar refractivity (Wildman–Crippen MR) is 69.5 cm³/mol. The Morgan fingerprint density at radius 3 is 2.67 bits per heavy atom. The zero-order chi connectivity index (χ0) is 12.5. The molecule has 0 unspecified atom stereocenters. The van der Waals surface area contributed by atoms with Crippen molar-refractivity contribution in [2.45, 2.75) is 6.54 Å². The molecule has 0 fully saturated rings. The fourth-order valence-electron chi connectivity index (χ4n) is 2.00. The topological polar surface area (TPSA) is 39.2 Å². The van der Waals surface area contributed by atoms with Crippen molar-refractivity contribution in [1.29, 1.82) is 0 Å². The number of nitrogens with two attached hydrogens (primary N) is 1. The highest BCUT2D eigenvalue weighted by Gasteiger charge is 2.11. The Labute approximate surface area is 104 Å². The molecule has 3 rings (SSSR count). The first-order chi connectivity index (χ1) is 8.78. The highest BCUT2D eigenvalue weighted by molar-refractivity contribution is 5.82. The Bertz CT molecular complexity index is 670. The number of halogens is 1. The molecule has 3 aromatic rings. The van der Waals surface area contributed by atoms with E-state index in [1.807, 2.05) is 30.3 Å². The maximum atomic E-state index is 13.8. The zero-order valence-electron chi connectivity index (χ0n) is 9.69. The van der Waals surface area contributed by atoms with Crippen LogP contribution >= 0.6 is 0 Å². The molecule has 0 spiro atoms. The quantitative estimate of drug-likeness (QED) is 0.743. The van der Waals surface area contributed by atoms with E-state index in [0.717, 1.165) is 16.5 Å². The third-order valence-corrected chi connectivity index (χ3v) is 2.96. The first-order valence-electron chi connectivity index (χ1n) is 5.75. The Balaban J connectivity index is 2.19. The fourth-order valence-corrected chi connectivity index (χ4v) is 2.00. The van der Waals surface area contributed by atoms with Gasteiger partial charge in [0.15, 0.2) is 0 Å². The van der Waals surface area contributed by atoms with Gasteiger partial charge < -0.3 is 10.2 Å². The Hall–Kier alpha value is -2.13. The molecule has 0 aliphatic carbocycles. The van der Waals surface area contributed by atoms with Crippen LogP contribution in [0.1, 0.15) is 5.56 Å². The summed E-state index contributed by atoms with van der Waals surface area (Å²) in [7, 11) is 0. The van der Waals surface area contributed by atoms with Crippen molar-refractivity contribution >= 4 is 11.0 Å². The Morgan fingerprint density at radius 2 is 1.89 bits per heavy atom. The molecule has 2 nitrogen and oxygen atoms in total. The lowest BCUT2D eigenvalue weighted by Gasteiger charge is -2.02. The summed E-state index contributed by atoms with van der Waals surface area (Å²) in [5.74, 6) is 0.232. The van der Waals surface area contributed by atoms with Gasteiger partial charge in [-0.3, -0.25) is 0 Å². The van der Waals surface area contributed by atoms with Gasteiger partial charge in [0.1, 0.15) is 17.2 Å². The molecule has 0 amide bonds. The molecule has 3 heteroatoms. The van der Waals surface area contributed by atoms with Crippen LogP contribution in [0.4, 0.5) is 4.39 Å². The van der Waals surface area contributed by atoms with Gasteiger partial charge >= 0.3 is 0 Å². The van der Waals surface area contributed by atoms with Crippen molar-refractivity contribution < 1.29 is 8.81 Å². The van der Waals surface area contributed by atoms with Crippen LogP contribution in [0.5, 0.6) is 0 Å². The van der Waals surface area contributed by atoms with Crippen LogP contribution in [0.3, 0.4) is 0 Å². The lowest BCUT2D eigenvalue weighted by atomic mass is 10.1. The SMILES string of the molecule is NCc1ccc(F)c(-c2cc3ccccc3o2)c1. The van der Waals surface area contributed by atoms with Gasteiger partial charge in [0, 0.05) is 11.9 Å². The van der Waals surface area contributed by atoms with Crippen LogP contribution in [0, 0.1) is 5.82 Å². The maximum Gasteiger partial charge on any atom is 0.138 e. The van der Waals surface area contributed by atoms with Crippen molar-refractivity contribution in [2.75, 3.05) is 0 Å². The molecule has 1 heterocycles. The normalized spacial score (nSPS) is 11.0. The van der Waals surface area contributed by atoms with E-state index < -0.39 is 0 Å². The molecule has 0 saturated heterocycles. The lowest BCUT2D eigenvalue weighted by molar-refractivity contribution is 0.601. The molecule has 0 aliphatic rings. The Kier molecular flexibility index (Phi) is 2.61. The number of para-hydroxylation sites is 1. The second-order valence-electron chi connectivity index (χ2n) is 4.17. The van der Waals surface area contributed by atoms with Crippen LogP contribution < -0.4 is 5.73 Å². The predicted octanol–water partition coefficient (Wildman–Crippen LogP) is 3.70. The summed E-state index contributed by atoms with van der Waals surface area (Å²) in [4.78, 5) is 0. The molecule has 0 atom stereocenters. The molecule has 0 aliphatic heterocycles. The number of rotatable bonds is 2. The van der Waals surface area contributed by atoms with Gasteiger partial charge in [-0.15, -0.1) is 0 Å². The minimum atomic E-state index is -0.300. The van der Waals surface area contributed by atoms with Gasteiger partial charge in [-0.05, 0) is 29.8 Å². The largest absolute Gasteiger partial charge is 0.456 e. The van der Waals surface area contributed by atoms with Gasteiger partial charge in [-0.25, -0.2) is 4.39 Å². The van der Waals surface area contributed by atoms with Crippen LogP contribution in [0.25, 0.3) is 22.3 Å². The average molecular weight is 241 g/mol. The molecule has 0 radical (unpaired) electrons. The average Bonchev–Trinajstić information content (AvgIpc) is 2.82. The van der Waals surface area contributed by atoms with Crippen molar-refractivity contribution in [2.24, 2.45) is 5.73 Å². The van der Waals surface area contributed by atoms with Gasteiger partial charge in [-0.1, -0.05) is 24.3 Å². The highest BCUT2D eigenvalue weighted by atomic mass is 19.1. The molecule has 90 valence electrons. The van der Waals surface area contributed by atoms with Gasteiger partial charge in [0.2, 0.25) is 0 Å². The van der Waals surface area contributed by atoms with Gasteiger partial charge in [-0.2, -0.15) is 0 Å². The zero-order valence-corrected chi connectivity index (χ0v) is 9.69.